The summed E-state index contributed by atoms with van der Waals surface area (Å²) in [4.78, 5) is 31.7. The molecule has 4 rings (SSSR count). The van der Waals surface area contributed by atoms with Crippen LogP contribution in [0.4, 0.5) is 20.2 Å². The van der Waals surface area contributed by atoms with Crippen molar-refractivity contribution in [3.8, 4) is 11.8 Å². The first kappa shape index (κ1) is 23.4. The Morgan fingerprint density at radius 2 is 1.74 bits per heavy atom. The molecule has 5 nitrogen and oxygen atoms in total. The Morgan fingerprint density at radius 1 is 1.06 bits per heavy atom. The van der Waals surface area contributed by atoms with Crippen molar-refractivity contribution < 1.29 is 18.4 Å². The van der Waals surface area contributed by atoms with E-state index in [4.69, 9.17) is 11.6 Å². The molecular weight excluding hydrogens is 460 g/mol. The number of amides is 1. The lowest BCUT2D eigenvalue weighted by Gasteiger charge is -2.48. The maximum atomic E-state index is 15.2. The average molecular weight is 480 g/mol. The zero-order valence-electron chi connectivity index (χ0n) is 18.3. The van der Waals surface area contributed by atoms with E-state index in [1.165, 1.54) is 29.0 Å². The number of piperazine rings is 1. The van der Waals surface area contributed by atoms with E-state index in [9.17, 15) is 9.59 Å². The van der Waals surface area contributed by atoms with Crippen molar-refractivity contribution in [2.75, 3.05) is 22.9 Å². The van der Waals surface area contributed by atoms with Gasteiger partial charge in [0, 0.05) is 42.5 Å². The highest BCUT2D eigenvalue weighted by atomic mass is 35.5. The van der Waals surface area contributed by atoms with Crippen LogP contribution < -0.4 is 9.80 Å². The minimum absolute atomic E-state index is 0.0961. The molecule has 2 heterocycles. The number of hydrogen-bond donors (Lipinski definition) is 0. The van der Waals surface area contributed by atoms with Gasteiger partial charge < -0.3 is 14.6 Å². The zero-order valence-corrected chi connectivity index (χ0v) is 19.0. The van der Waals surface area contributed by atoms with Gasteiger partial charge >= 0.3 is 0 Å². The predicted molar refractivity (Wildman–Crippen MR) is 127 cm³/mol. The molecule has 1 aliphatic heterocycles. The topological polar surface area (TPSA) is 53.5 Å². The first-order chi connectivity index (χ1) is 16.3. The number of aromatic nitrogens is 1. The quantitative estimate of drug-likeness (QED) is 0.311. The highest BCUT2D eigenvalue weighted by Crippen LogP contribution is 2.37. The third kappa shape index (κ3) is 4.50. The summed E-state index contributed by atoms with van der Waals surface area (Å²) >= 11 is 5.96. The third-order valence-electron chi connectivity index (χ3n) is 5.76. The summed E-state index contributed by atoms with van der Waals surface area (Å²) in [5.41, 5.74) is -0.501. The van der Waals surface area contributed by atoms with E-state index in [-0.39, 0.29) is 35.9 Å². The molecule has 0 radical (unpaired) electrons. The summed E-state index contributed by atoms with van der Waals surface area (Å²) in [5.74, 6) is 3.44. The van der Waals surface area contributed by atoms with Gasteiger partial charge in [0.25, 0.3) is 5.91 Å². The summed E-state index contributed by atoms with van der Waals surface area (Å²) in [6, 6.07) is 14.5. The van der Waals surface area contributed by atoms with Gasteiger partial charge in [-0.05, 0) is 43.3 Å². The van der Waals surface area contributed by atoms with Crippen LogP contribution in [0, 0.1) is 23.5 Å². The number of pyridine rings is 1. The Kier molecular flexibility index (Phi) is 6.62. The van der Waals surface area contributed by atoms with Crippen LogP contribution in [0.1, 0.15) is 24.5 Å². The Labute approximate surface area is 201 Å². The monoisotopic (exact) mass is 479 g/mol. The SMILES string of the molecule is CC1(CC=O)C(=O)N(c2ccnc(Cl)c2)CCN1c1c(F)cc(C#Cc2ccccc2)cc1F. The lowest BCUT2D eigenvalue weighted by atomic mass is 9.90. The van der Waals surface area contributed by atoms with Crippen molar-refractivity contribution in [2.24, 2.45) is 0 Å². The number of halogens is 3. The fraction of sp³-hybridized carbons (Fsp3) is 0.192. The van der Waals surface area contributed by atoms with Crippen LogP contribution in [0.25, 0.3) is 0 Å². The molecule has 0 N–H and O–H groups in total. The number of aldehydes is 1. The largest absolute Gasteiger partial charge is 0.350 e. The molecule has 2 aromatic carbocycles. The van der Waals surface area contributed by atoms with Gasteiger partial charge in [-0.1, -0.05) is 41.6 Å². The summed E-state index contributed by atoms with van der Waals surface area (Å²) in [7, 11) is 0. The summed E-state index contributed by atoms with van der Waals surface area (Å²) in [6.45, 7) is 1.74. The summed E-state index contributed by atoms with van der Waals surface area (Å²) < 4.78 is 30.4. The average Bonchev–Trinajstić information content (AvgIpc) is 2.81. The first-order valence-electron chi connectivity index (χ1n) is 10.5. The van der Waals surface area contributed by atoms with Gasteiger partial charge in [0.1, 0.15) is 22.7 Å². The van der Waals surface area contributed by atoms with Gasteiger partial charge in [0.15, 0.2) is 11.6 Å². The number of rotatable bonds is 4. The van der Waals surface area contributed by atoms with E-state index in [1.54, 1.807) is 18.2 Å². The molecule has 0 bridgehead atoms. The lowest BCUT2D eigenvalue weighted by Crippen LogP contribution is -2.65. The fourth-order valence-electron chi connectivity index (χ4n) is 4.04. The first-order valence-corrected chi connectivity index (χ1v) is 10.9. The second-order valence-electron chi connectivity index (χ2n) is 7.99. The van der Waals surface area contributed by atoms with E-state index in [0.717, 1.165) is 12.1 Å². The second kappa shape index (κ2) is 9.62. The van der Waals surface area contributed by atoms with Gasteiger partial charge in [-0.25, -0.2) is 13.8 Å². The van der Waals surface area contributed by atoms with Crippen molar-refractivity contribution in [2.45, 2.75) is 18.9 Å². The van der Waals surface area contributed by atoms with E-state index < -0.39 is 23.1 Å². The predicted octanol–water partition coefficient (Wildman–Crippen LogP) is 4.61. The maximum absolute atomic E-state index is 15.2. The fourth-order valence-corrected chi connectivity index (χ4v) is 4.21. The molecule has 1 unspecified atom stereocenters. The number of anilines is 2. The molecule has 34 heavy (non-hydrogen) atoms. The number of carbonyl (C=O) groups excluding carboxylic acids is 2. The Balaban J connectivity index is 1.70. The highest BCUT2D eigenvalue weighted by Gasteiger charge is 2.47. The molecule has 1 fully saturated rings. The van der Waals surface area contributed by atoms with Crippen LogP contribution in [0.2, 0.25) is 5.15 Å². The lowest BCUT2D eigenvalue weighted by molar-refractivity contribution is -0.126. The van der Waals surface area contributed by atoms with Crippen LogP contribution >= 0.6 is 11.6 Å². The minimum Gasteiger partial charge on any atom is -0.350 e. The van der Waals surface area contributed by atoms with E-state index in [1.807, 2.05) is 18.2 Å². The highest BCUT2D eigenvalue weighted by molar-refractivity contribution is 6.29. The van der Waals surface area contributed by atoms with Crippen molar-refractivity contribution in [3.05, 3.63) is 88.7 Å². The van der Waals surface area contributed by atoms with Crippen LogP contribution in [0.5, 0.6) is 0 Å². The Bertz CT molecular complexity index is 1280. The molecule has 0 aliphatic carbocycles. The molecule has 8 heteroatoms. The molecule has 3 aromatic rings. The van der Waals surface area contributed by atoms with E-state index in [0.29, 0.717) is 17.5 Å². The Morgan fingerprint density at radius 3 is 2.38 bits per heavy atom. The maximum Gasteiger partial charge on any atom is 0.253 e. The number of carbonyl (C=O) groups is 2. The van der Waals surface area contributed by atoms with Gasteiger partial charge in [-0.3, -0.25) is 4.79 Å². The van der Waals surface area contributed by atoms with Crippen LogP contribution in [0.15, 0.2) is 60.8 Å². The zero-order chi connectivity index (χ0) is 24.3. The van der Waals surface area contributed by atoms with Gasteiger partial charge in [0.2, 0.25) is 0 Å². The number of nitrogens with zero attached hydrogens (tertiary/aromatic N) is 3. The third-order valence-corrected chi connectivity index (χ3v) is 5.97. The van der Waals surface area contributed by atoms with Crippen LogP contribution in [0.3, 0.4) is 0 Å². The summed E-state index contributed by atoms with van der Waals surface area (Å²) in [6.07, 6.45) is 1.78. The van der Waals surface area contributed by atoms with E-state index >= 15 is 8.78 Å². The molecule has 172 valence electrons. The molecule has 0 spiro atoms. The molecule has 0 saturated carbocycles. The van der Waals surface area contributed by atoms with Gasteiger partial charge in [-0.15, -0.1) is 0 Å². The van der Waals surface area contributed by atoms with Crippen LogP contribution in [-0.2, 0) is 9.59 Å². The number of hydrogen-bond acceptors (Lipinski definition) is 4. The number of benzene rings is 2. The molecule has 1 atom stereocenters. The van der Waals surface area contributed by atoms with Gasteiger partial charge in [0.05, 0.1) is 0 Å². The van der Waals surface area contributed by atoms with Gasteiger partial charge in [-0.2, -0.15) is 0 Å². The normalized spacial score (nSPS) is 17.8. The molecule has 1 aromatic heterocycles. The summed E-state index contributed by atoms with van der Waals surface area (Å²) in [5, 5.41) is 0.203. The van der Waals surface area contributed by atoms with Crippen LogP contribution in [-0.4, -0.2) is 35.8 Å². The standard InChI is InChI=1S/C26H20ClF2N3O2/c1-26(10-14-33)25(34)31(20-9-11-30-23(27)17-20)12-13-32(26)24-21(28)15-19(16-22(24)29)8-7-18-5-3-2-4-6-18/h2-6,9,11,14-17H,10,12-13H2,1H3. The van der Waals surface area contributed by atoms with Crippen molar-refractivity contribution in [1.29, 1.82) is 0 Å². The minimum atomic E-state index is -1.51. The van der Waals surface area contributed by atoms with E-state index in [2.05, 4.69) is 16.8 Å². The Hall–Kier alpha value is -3.76. The smallest absolute Gasteiger partial charge is 0.253 e. The molecule has 1 saturated heterocycles. The second-order valence-corrected chi connectivity index (χ2v) is 8.38. The van der Waals surface area contributed by atoms with Crippen molar-refractivity contribution in [1.82, 2.24) is 4.98 Å². The molecular formula is C26H20ClF2N3O2. The molecule has 1 amide bonds. The van der Waals surface area contributed by atoms with Crippen molar-refractivity contribution >= 4 is 35.2 Å². The van der Waals surface area contributed by atoms with Crippen molar-refractivity contribution in [3.63, 3.8) is 0 Å². The molecule has 1 aliphatic rings.